The minimum absolute atomic E-state index is 0.0256. The van der Waals surface area contributed by atoms with Gasteiger partial charge in [-0.15, -0.1) is 0 Å². The Morgan fingerprint density at radius 3 is 2.51 bits per heavy atom. The van der Waals surface area contributed by atoms with Crippen LogP contribution >= 0.6 is 0 Å². The first-order valence-corrected chi connectivity index (χ1v) is 13.0. The van der Waals surface area contributed by atoms with Gasteiger partial charge in [0.05, 0.1) is 41.5 Å². The SMILES string of the molecule is CCNc1cc(Nc2ccc(C(=O)N3CCN(C4COC4)CC3)c3c2OCCO3)nc2[nH]cc(C(F)(F)F)c12. The van der Waals surface area contributed by atoms with Crippen molar-refractivity contribution in [1.82, 2.24) is 19.8 Å². The fraction of sp³-hybridized carbons (Fsp3) is 0.462. The summed E-state index contributed by atoms with van der Waals surface area (Å²) in [6, 6.07) is 5.35. The van der Waals surface area contributed by atoms with Gasteiger partial charge in [-0.25, -0.2) is 4.98 Å². The van der Waals surface area contributed by atoms with Crippen molar-refractivity contribution in [2.75, 3.05) is 69.8 Å². The second-order valence-electron chi connectivity index (χ2n) is 9.67. The number of aromatic amines is 1. The maximum Gasteiger partial charge on any atom is 0.418 e. The summed E-state index contributed by atoms with van der Waals surface area (Å²) in [5.74, 6) is 0.887. The van der Waals surface area contributed by atoms with E-state index in [0.717, 1.165) is 32.5 Å². The Morgan fingerprint density at radius 1 is 1.10 bits per heavy atom. The quantitative estimate of drug-likeness (QED) is 0.430. The number of benzene rings is 1. The molecule has 0 atom stereocenters. The number of aromatic nitrogens is 2. The van der Waals surface area contributed by atoms with Crippen molar-refractivity contribution in [3.8, 4) is 11.5 Å². The maximum absolute atomic E-state index is 13.6. The Hall–Kier alpha value is -3.71. The Bertz CT molecular complexity index is 1380. The molecule has 3 aliphatic heterocycles. The van der Waals surface area contributed by atoms with Gasteiger partial charge in [0, 0.05) is 50.7 Å². The van der Waals surface area contributed by atoms with Crippen molar-refractivity contribution < 1.29 is 32.2 Å². The summed E-state index contributed by atoms with van der Waals surface area (Å²) in [6.45, 7) is 7.09. The molecule has 0 radical (unpaired) electrons. The number of alkyl halides is 3. The molecule has 1 aromatic carbocycles. The first kappa shape index (κ1) is 25.6. The van der Waals surface area contributed by atoms with Gasteiger partial charge in [0.1, 0.15) is 24.7 Å². The molecule has 208 valence electrons. The van der Waals surface area contributed by atoms with Crippen LogP contribution in [0.5, 0.6) is 11.5 Å². The van der Waals surface area contributed by atoms with E-state index in [1.54, 1.807) is 19.1 Å². The van der Waals surface area contributed by atoms with E-state index in [1.807, 2.05) is 4.90 Å². The Morgan fingerprint density at radius 2 is 1.85 bits per heavy atom. The van der Waals surface area contributed by atoms with E-state index in [0.29, 0.717) is 73.1 Å². The van der Waals surface area contributed by atoms with Crippen molar-refractivity contribution in [3.05, 3.63) is 35.5 Å². The van der Waals surface area contributed by atoms with Crippen LogP contribution in [0.4, 0.5) is 30.4 Å². The Labute approximate surface area is 222 Å². The zero-order chi connectivity index (χ0) is 27.1. The number of carbonyl (C=O) groups excluding carboxylic acids is 1. The number of ether oxygens (including phenoxy) is 3. The molecular weight excluding hydrogens is 517 g/mol. The third-order valence-electron chi connectivity index (χ3n) is 7.23. The largest absolute Gasteiger partial charge is 0.485 e. The number of piperazine rings is 1. The summed E-state index contributed by atoms with van der Waals surface area (Å²) >= 11 is 0. The number of carbonyl (C=O) groups is 1. The standard InChI is InChI=1S/C26H29F3N6O4/c1-2-30-19-11-20(33-24-21(19)17(12-31-24)26(27,28)29)32-18-4-3-16(22-23(18)39-10-9-38-22)25(36)35-7-5-34(6-8-35)15-13-37-14-15/h3-4,11-12,15H,2,5-10,13-14H2,1H3,(H3,30,31,32,33). The highest BCUT2D eigenvalue weighted by Gasteiger charge is 2.36. The molecule has 2 saturated heterocycles. The third kappa shape index (κ3) is 4.80. The minimum atomic E-state index is -4.52. The summed E-state index contributed by atoms with van der Waals surface area (Å²) in [5.41, 5.74) is 0.503. The van der Waals surface area contributed by atoms with Crippen molar-refractivity contribution in [2.45, 2.75) is 19.1 Å². The zero-order valence-electron chi connectivity index (χ0n) is 21.4. The molecule has 3 aromatic rings. The van der Waals surface area contributed by atoms with Gasteiger partial charge >= 0.3 is 6.18 Å². The lowest BCUT2D eigenvalue weighted by atomic mass is 10.1. The molecule has 1 amide bonds. The molecule has 2 aromatic heterocycles. The van der Waals surface area contributed by atoms with Gasteiger partial charge < -0.3 is 34.7 Å². The molecule has 5 heterocycles. The first-order valence-electron chi connectivity index (χ1n) is 13.0. The van der Waals surface area contributed by atoms with Crippen LogP contribution in [0.3, 0.4) is 0 Å². The number of nitrogens with one attached hydrogen (secondary N) is 3. The second kappa shape index (κ2) is 10.1. The number of halogens is 3. The number of amides is 1. The summed E-state index contributed by atoms with van der Waals surface area (Å²) in [4.78, 5) is 24.6. The molecule has 13 heteroatoms. The summed E-state index contributed by atoms with van der Waals surface area (Å²) < 4.78 is 57.8. The lowest BCUT2D eigenvalue weighted by molar-refractivity contribution is -0.136. The number of anilines is 3. The zero-order valence-corrected chi connectivity index (χ0v) is 21.4. The van der Waals surface area contributed by atoms with E-state index in [2.05, 4.69) is 25.5 Å². The van der Waals surface area contributed by atoms with Crippen LogP contribution in [-0.2, 0) is 10.9 Å². The summed E-state index contributed by atoms with van der Waals surface area (Å²) in [7, 11) is 0. The molecule has 39 heavy (non-hydrogen) atoms. The van der Waals surface area contributed by atoms with Crippen LogP contribution in [0.15, 0.2) is 24.4 Å². The molecule has 0 saturated carbocycles. The van der Waals surface area contributed by atoms with Gasteiger partial charge in [-0.05, 0) is 19.1 Å². The molecule has 0 unspecified atom stereocenters. The van der Waals surface area contributed by atoms with E-state index in [4.69, 9.17) is 14.2 Å². The second-order valence-corrected chi connectivity index (χ2v) is 9.67. The minimum Gasteiger partial charge on any atom is -0.485 e. The monoisotopic (exact) mass is 546 g/mol. The van der Waals surface area contributed by atoms with Crippen molar-refractivity contribution in [2.24, 2.45) is 0 Å². The maximum atomic E-state index is 13.6. The number of hydrogen-bond acceptors (Lipinski definition) is 8. The lowest BCUT2D eigenvalue weighted by Crippen LogP contribution is -2.57. The smallest absolute Gasteiger partial charge is 0.418 e. The highest BCUT2D eigenvalue weighted by molar-refractivity contribution is 6.00. The van der Waals surface area contributed by atoms with Crippen molar-refractivity contribution in [1.29, 1.82) is 0 Å². The molecule has 6 rings (SSSR count). The number of hydrogen-bond donors (Lipinski definition) is 3. The Kier molecular flexibility index (Phi) is 6.63. The van der Waals surface area contributed by atoms with Crippen molar-refractivity contribution in [3.63, 3.8) is 0 Å². The molecule has 0 bridgehead atoms. The molecule has 3 N–H and O–H groups in total. The predicted molar refractivity (Wildman–Crippen MR) is 138 cm³/mol. The third-order valence-corrected chi connectivity index (χ3v) is 7.23. The van der Waals surface area contributed by atoms with Crippen molar-refractivity contribution >= 4 is 34.1 Å². The normalized spacial score (nSPS) is 18.2. The van der Waals surface area contributed by atoms with Gasteiger partial charge in [0.25, 0.3) is 5.91 Å². The molecule has 2 fully saturated rings. The highest BCUT2D eigenvalue weighted by atomic mass is 19.4. The van der Waals surface area contributed by atoms with Gasteiger partial charge in [0.15, 0.2) is 11.5 Å². The van der Waals surface area contributed by atoms with E-state index in [1.165, 1.54) is 6.07 Å². The van der Waals surface area contributed by atoms with Gasteiger partial charge in [0.2, 0.25) is 0 Å². The van der Waals surface area contributed by atoms with E-state index >= 15 is 0 Å². The molecule has 3 aliphatic rings. The molecular formula is C26H29F3N6O4. The first-order chi connectivity index (χ1) is 18.8. The van der Waals surface area contributed by atoms with Gasteiger partial charge in [-0.3, -0.25) is 9.69 Å². The van der Waals surface area contributed by atoms with E-state index < -0.39 is 11.7 Å². The topological polar surface area (TPSA) is 104 Å². The van der Waals surface area contributed by atoms with E-state index in [9.17, 15) is 18.0 Å². The van der Waals surface area contributed by atoms with Gasteiger partial charge in [-0.2, -0.15) is 13.2 Å². The van der Waals surface area contributed by atoms with E-state index in [-0.39, 0.29) is 16.9 Å². The molecule has 0 spiro atoms. The fourth-order valence-corrected chi connectivity index (χ4v) is 5.19. The number of rotatable bonds is 6. The number of H-pyrrole nitrogens is 1. The molecule has 10 nitrogen and oxygen atoms in total. The summed E-state index contributed by atoms with van der Waals surface area (Å²) in [5, 5.41) is 6.12. The lowest BCUT2D eigenvalue weighted by Gasteiger charge is -2.42. The number of nitrogens with zero attached hydrogens (tertiary/aromatic N) is 3. The fourth-order valence-electron chi connectivity index (χ4n) is 5.19. The Balaban J connectivity index is 1.27. The number of fused-ring (bicyclic) bond motifs is 2. The van der Waals surface area contributed by atoms with Crippen LogP contribution in [0.2, 0.25) is 0 Å². The van der Waals surface area contributed by atoms with Crippen LogP contribution < -0.4 is 20.1 Å². The average Bonchev–Trinajstić information content (AvgIpc) is 3.33. The highest BCUT2D eigenvalue weighted by Crippen LogP contribution is 2.43. The van der Waals surface area contributed by atoms with Crippen LogP contribution in [0.25, 0.3) is 11.0 Å². The average molecular weight is 547 g/mol. The van der Waals surface area contributed by atoms with Gasteiger partial charge in [-0.1, -0.05) is 0 Å². The predicted octanol–water partition coefficient (Wildman–Crippen LogP) is 3.68. The van der Waals surface area contributed by atoms with Crippen LogP contribution in [0.1, 0.15) is 22.8 Å². The van der Waals surface area contributed by atoms with Crippen LogP contribution in [-0.4, -0.2) is 90.9 Å². The van der Waals surface area contributed by atoms with Crippen LogP contribution in [0, 0.1) is 0 Å². The summed E-state index contributed by atoms with van der Waals surface area (Å²) in [6.07, 6.45) is -3.61. The molecule has 0 aliphatic carbocycles. The number of pyridine rings is 1.